The third-order valence-corrected chi connectivity index (χ3v) is 3.16. The summed E-state index contributed by atoms with van der Waals surface area (Å²) in [7, 11) is 0. The highest BCUT2D eigenvalue weighted by Gasteiger charge is 2.05. The van der Waals surface area contributed by atoms with Crippen molar-refractivity contribution in [1.82, 2.24) is 19.9 Å². The Balaban J connectivity index is 2.31. The minimum atomic E-state index is 0.950. The van der Waals surface area contributed by atoms with Gasteiger partial charge in [0, 0.05) is 28.6 Å². The molecule has 0 atom stereocenters. The monoisotopic (exact) mass is 232 g/mol. The molecule has 2 aromatic heterocycles. The lowest BCUT2D eigenvalue weighted by Gasteiger charge is -2.05. The van der Waals surface area contributed by atoms with Crippen molar-refractivity contribution >= 4 is 32.6 Å². The van der Waals surface area contributed by atoms with E-state index in [1.54, 1.807) is 12.7 Å². The molecule has 2 heterocycles. The van der Waals surface area contributed by atoms with E-state index in [0.717, 1.165) is 32.6 Å². The van der Waals surface area contributed by atoms with Gasteiger partial charge in [-0.2, -0.15) is 0 Å². The van der Waals surface area contributed by atoms with Crippen molar-refractivity contribution in [3.05, 3.63) is 49.3 Å². The second-order valence-electron chi connectivity index (χ2n) is 4.14. The van der Waals surface area contributed by atoms with Gasteiger partial charge in [0.2, 0.25) is 0 Å². The summed E-state index contributed by atoms with van der Waals surface area (Å²) in [6.45, 7) is 0. The third-order valence-electron chi connectivity index (χ3n) is 3.16. The van der Waals surface area contributed by atoms with Crippen LogP contribution in [0.1, 0.15) is 0 Å². The Hall–Kier alpha value is -2.62. The molecule has 0 saturated carbocycles. The van der Waals surface area contributed by atoms with Crippen LogP contribution in [0.4, 0.5) is 0 Å². The van der Waals surface area contributed by atoms with Gasteiger partial charge < -0.3 is 0 Å². The summed E-state index contributed by atoms with van der Waals surface area (Å²) in [6.07, 6.45) is 6.82. The van der Waals surface area contributed by atoms with Crippen molar-refractivity contribution in [2.24, 2.45) is 0 Å². The average molecular weight is 232 g/mol. The Morgan fingerprint density at radius 2 is 1.50 bits per heavy atom. The van der Waals surface area contributed by atoms with Crippen LogP contribution in [0.25, 0.3) is 32.6 Å². The summed E-state index contributed by atoms with van der Waals surface area (Å²) in [5, 5.41) is 4.33. The lowest BCUT2D eigenvalue weighted by atomic mass is 10.0. The second-order valence-corrected chi connectivity index (χ2v) is 4.14. The Labute approximate surface area is 102 Å². The summed E-state index contributed by atoms with van der Waals surface area (Å²) in [4.78, 5) is 16.8. The predicted octanol–water partition coefficient (Wildman–Crippen LogP) is 2.73. The molecule has 0 saturated heterocycles. The normalized spacial score (nSPS) is 11.3. The topological polar surface area (TPSA) is 51.6 Å². The molecule has 0 aliphatic heterocycles. The maximum absolute atomic E-state index is 4.36. The molecule has 0 fully saturated rings. The highest BCUT2D eigenvalue weighted by molar-refractivity contribution is 6.14. The summed E-state index contributed by atoms with van der Waals surface area (Å²) in [5.41, 5.74) is 1.92. The molecular formula is C14H8N4. The van der Waals surface area contributed by atoms with E-state index in [0.29, 0.717) is 0 Å². The molecule has 2 aromatic carbocycles. The molecular weight excluding hydrogens is 224 g/mol. The number of nitrogens with zero attached hydrogens (tertiary/aromatic N) is 4. The molecule has 0 unspecified atom stereocenters. The highest BCUT2D eigenvalue weighted by atomic mass is 14.8. The molecule has 0 N–H and O–H groups in total. The molecule has 4 heteroatoms. The molecule has 0 aliphatic rings. The van der Waals surface area contributed by atoms with Gasteiger partial charge in [-0.25, -0.2) is 19.9 Å². The molecule has 0 spiro atoms. The first kappa shape index (κ1) is 9.41. The van der Waals surface area contributed by atoms with Crippen LogP contribution >= 0.6 is 0 Å². The van der Waals surface area contributed by atoms with E-state index in [9.17, 15) is 0 Å². The first-order valence-corrected chi connectivity index (χ1v) is 5.65. The van der Waals surface area contributed by atoms with E-state index in [1.807, 2.05) is 24.5 Å². The summed E-state index contributed by atoms with van der Waals surface area (Å²) >= 11 is 0. The summed E-state index contributed by atoms with van der Waals surface area (Å²) in [6, 6.07) is 8.16. The zero-order valence-electron chi connectivity index (χ0n) is 9.41. The number of hydrogen-bond donors (Lipinski definition) is 0. The predicted molar refractivity (Wildman–Crippen MR) is 70.1 cm³/mol. The van der Waals surface area contributed by atoms with Gasteiger partial charge in [0.05, 0.1) is 11.0 Å². The van der Waals surface area contributed by atoms with E-state index in [-0.39, 0.29) is 0 Å². The molecule has 84 valence electrons. The number of fused-ring (bicyclic) bond motifs is 5. The molecule has 4 aromatic rings. The van der Waals surface area contributed by atoms with Crippen LogP contribution in [0.5, 0.6) is 0 Å². The maximum atomic E-state index is 4.36. The fourth-order valence-corrected chi connectivity index (χ4v) is 2.32. The third kappa shape index (κ3) is 1.20. The minimum absolute atomic E-state index is 0.950. The number of rotatable bonds is 0. The van der Waals surface area contributed by atoms with E-state index < -0.39 is 0 Å². The Kier molecular flexibility index (Phi) is 1.80. The largest absolute Gasteiger partial charge is 0.244 e. The Bertz CT molecular complexity index is 811. The van der Waals surface area contributed by atoms with Crippen molar-refractivity contribution in [2.75, 3.05) is 0 Å². The van der Waals surface area contributed by atoms with Gasteiger partial charge in [0.25, 0.3) is 0 Å². The molecule has 0 aliphatic carbocycles. The van der Waals surface area contributed by atoms with Gasteiger partial charge >= 0.3 is 0 Å². The maximum Gasteiger partial charge on any atom is 0.116 e. The smallest absolute Gasteiger partial charge is 0.116 e. The standard InChI is InChI=1S/C14H8N4/c1-2-10-11(14-9(1)5-15-8-18-14)3-4-13-12(10)6-16-7-17-13/h1-8H. The highest BCUT2D eigenvalue weighted by Crippen LogP contribution is 2.28. The van der Waals surface area contributed by atoms with Crippen molar-refractivity contribution in [2.45, 2.75) is 0 Å². The fraction of sp³-hybridized carbons (Fsp3) is 0. The minimum Gasteiger partial charge on any atom is -0.244 e. The zero-order valence-corrected chi connectivity index (χ0v) is 9.41. The average Bonchev–Trinajstić information content (AvgIpc) is 2.46. The van der Waals surface area contributed by atoms with Crippen LogP contribution < -0.4 is 0 Å². The number of aromatic nitrogens is 4. The van der Waals surface area contributed by atoms with Crippen LogP contribution in [-0.4, -0.2) is 19.9 Å². The Morgan fingerprint density at radius 3 is 2.50 bits per heavy atom. The van der Waals surface area contributed by atoms with Crippen LogP contribution in [-0.2, 0) is 0 Å². The summed E-state index contributed by atoms with van der Waals surface area (Å²) in [5.74, 6) is 0. The first-order valence-electron chi connectivity index (χ1n) is 5.65. The van der Waals surface area contributed by atoms with Gasteiger partial charge in [-0.05, 0) is 17.5 Å². The van der Waals surface area contributed by atoms with Crippen molar-refractivity contribution in [1.29, 1.82) is 0 Å². The van der Waals surface area contributed by atoms with E-state index in [2.05, 4.69) is 32.1 Å². The van der Waals surface area contributed by atoms with Crippen molar-refractivity contribution in [3.63, 3.8) is 0 Å². The van der Waals surface area contributed by atoms with Crippen LogP contribution in [0.15, 0.2) is 49.3 Å². The quantitative estimate of drug-likeness (QED) is 0.437. The van der Waals surface area contributed by atoms with Crippen molar-refractivity contribution in [3.8, 4) is 0 Å². The lowest BCUT2D eigenvalue weighted by molar-refractivity contribution is 1.22. The zero-order chi connectivity index (χ0) is 11.9. The number of hydrogen-bond acceptors (Lipinski definition) is 4. The van der Waals surface area contributed by atoms with Gasteiger partial charge in [0.1, 0.15) is 12.7 Å². The second kappa shape index (κ2) is 3.43. The van der Waals surface area contributed by atoms with Gasteiger partial charge in [-0.15, -0.1) is 0 Å². The van der Waals surface area contributed by atoms with E-state index in [4.69, 9.17) is 0 Å². The van der Waals surface area contributed by atoms with Gasteiger partial charge in [-0.1, -0.05) is 12.1 Å². The van der Waals surface area contributed by atoms with E-state index >= 15 is 0 Å². The molecule has 4 nitrogen and oxygen atoms in total. The Morgan fingerprint density at radius 1 is 0.667 bits per heavy atom. The summed E-state index contributed by atoms with van der Waals surface area (Å²) < 4.78 is 0. The van der Waals surface area contributed by atoms with Gasteiger partial charge in [0.15, 0.2) is 0 Å². The van der Waals surface area contributed by atoms with Crippen LogP contribution in [0.3, 0.4) is 0 Å². The molecule has 0 radical (unpaired) electrons. The molecule has 0 bridgehead atoms. The molecule has 18 heavy (non-hydrogen) atoms. The SMILES string of the molecule is c1ncc2c(ccc3c2ccc2cncnc23)n1. The van der Waals surface area contributed by atoms with Crippen LogP contribution in [0, 0.1) is 0 Å². The van der Waals surface area contributed by atoms with Crippen LogP contribution in [0.2, 0.25) is 0 Å². The van der Waals surface area contributed by atoms with Gasteiger partial charge in [-0.3, -0.25) is 0 Å². The molecule has 4 rings (SSSR count). The molecule has 0 amide bonds. The van der Waals surface area contributed by atoms with Crippen molar-refractivity contribution < 1.29 is 0 Å². The van der Waals surface area contributed by atoms with E-state index in [1.165, 1.54) is 0 Å². The first-order chi connectivity index (χ1) is 8.93. The number of benzene rings is 2. The lowest BCUT2D eigenvalue weighted by Crippen LogP contribution is -1.86. The fourth-order valence-electron chi connectivity index (χ4n) is 2.32.